The molecule has 0 unspecified atom stereocenters. The second-order valence-electron chi connectivity index (χ2n) is 0. The molecule has 0 aliphatic carbocycles. The van der Waals surface area contributed by atoms with Gasteiger partial charge in [-0.1, -0.05) is 0 Å². The topological polar surface area (TPSA) is 0 Å². The Labute approximate surface area is 148 Å². The summed E-state index contributed by atoms with van der Waals surface area (Å²) >= 11 is 0. The predicted octanol–water partition coefficient (Wildman–Crippen LogP) is -5.88. The Morgan fingerprint density at radius 2 is 1.00 bits per heavy atom. The number of rotatable bonds is 0. The fourth-order valence-corrected chi connectivity index (χ4v) is 0. The van der Waals surface area contributed by atoms with Crippen LogP contribution in [0.3, 0.4) is 0 Å². The predicted molar refractivity (Wildman–Crippen MR) is 17.7 cm³/mol. The van der Waals surface area contributed by atoms with Gasteiger partial charge in [-0.2, -0.15) is 13.5 Å². The largest absolute Gasteiger partial charge is 2.00 e. The minimum atomic E-state index is 0. The van der Waals surface area contributed by atoms with E-state index < -0.39 is 0 Å². The fourth-order valence-electron chi connectivity index (χ4n) is 0. The zero-order valence-electron chi connectivity index (χ0n) is 2.91. The average molecular weight is 285 g/mol. The summed E-state index contributed by atoms with van der Waals surface area (Å²) in [5.74, 6) is 0. The van der Waals surface area contributed by atoms with Gasteiger partial charge < -0.3 is 13.5 Å². The van der Waals surface area contributed by atoms with Gasteiger partial charge in [-0.05, 0) is 0 Å². The number of hydrogen-bond donors (Lipinski definition) is 0. The van der Waals surface area contributed by atoms with Crippen LogP contribution in [0.5, 0.6) is 0 Å². The van der Waals surface area contributed by atoms with Gasteiger partial charge in [-0.15, -0.1) is 0 Å². The van der Waals surface area contributed by atoms with Crippen LogP contribution in [-0.2, 0) is 13.5 Å². The van der Waals surface area contributed by atoms with Gasteiger partial charge in [-0.3, -0.25) is 0 Å². The van der Waals surface area contributed by atoms with Crippen LogP contribution in [0.2, 0.25) is 0 Å². The van der Waals surface area contributed by atoms with Gasteiger partial charge in [0, 0.05) is 0 Å². The molecule has 4 heteroatoms. The maximum absolute atomic E-state index is 0. The third kappa shape index (κ3) is 9.75. The summed E-state index contributed by atoms with van der Waals surface area (Å²) in [4.78, 5) is 0. The summed E-state index contributed by atoms with van der Waals surface area (Å²) in [7, 11) is 0. The molecule has 0 saturated carbocycles. The van der Waals surface area contributed by atoms with Crippen molar-refractivity contribution in [2.45, 2.75) is 0 Å². The molecule has 4 heavy (non-hydrogen) atoms. The van der Waals surface area contributed by atoms with Crippen molar-refractivity contribution in [3.63, 3.8) is 0 Å². The minimum Gasteiger partial charge on any atom is -2.00 e. The van der Waals surface area contributed by atoms with Crippen LogP contribution < -0.4 is 127 Å². The van der Waals surface area contributed by atoms with Crippen molar-refractivity contribution in [1.29, 1.82) is 0 Å². The van der Waals surface area contributed by atoms with E-state index in [9.17, 15) is 0 Å². The Bertz CT molecular complexity index is 6.00. The molecule has 16 valence electrons. The van der Waals surface area contributed by atoms with E-state index in [0.29, 0.717) is 0 Å². The van der Waals surface area contributed by atoms with Crippen molar-refractivity contribution in [3.8, 4) is 0 Å². The van der Waals surface area contributed by atoms with Crippen molar-refractivity contribution >= 4 is 27.0 Å². The van der Waals surface area contributed by atoms with E-state index in [1.165, 1.54) is 0 Å². The van der Waals surface area contributed by atoms with Crippen LogP contribution in [0.1, 0.15) is 0 Å². The minimum absolute atomic E-state index is 0. The summed E-state index contributed by atoms with van der Waals surface area (Å²) in [6.45, 7) is 0. The summed E-state index contributed by atoms with van der Waals surface area (Å²) in [5.41, 5.74) is 0. The van der Waals surface area contributed by atoms with E-state index in [1.807, 2.05) is 0 Å². The van der Waals surface area contributed by atoms with Crippen molar-refractivity contribution in [1.82, 2.24) is 0 Å². The van der Waals surface area contributed by atoms with Gasteiger partial charge in [0.1, 0.15) is 0 Å². The molecule has 0 aliphatic heterocycles. The molecule has 0 atom stereocenters. The number of hydrogen-bond acceptors (Lipinski definition) is 0. The second kappa shape index (κ2) is 15.6. The SMILES string of the molecule is S.[Cs+].[Rb+].[S-2]. The first kappa shape index (κ1) is 23.5. The smallest absolute Gasteiger partial charge is 1.00 e. The van der Waals surface area contributed by atoms with E-state index in [2.05, 4.69) is 0 Å². The summed E-state index contributed by atoms with van der Waals surface area (Å²) < 4.78 is 0. The molecule has 0 radical (unpaired) electrons. The van der Waals surface area contributed by atoms with Crippen molar-refractivity contribution in [2.75, 3.05) is 0 Å². The van der Waals surface area contributed by atoms with Crippen molar-refractivity contribution < 1.29 is 127 Å². The van der Waals surface area contributed by atoms with E-state index in [-0.39, 0.29) is 154 Å². The first-order valence-corrected chi connectivity index (χ1v) is 0. The second-order valence-corrected chi connectivity index (χ2v) is 0. The molecule has 0 heterocycles. The normalized spacial score (nSPS) is 0. The third-order valence-electron chi connectivity index (χ3n) is 0. The van der Waals surface area contributed by atoms with Crippen molar-refractivity contribution in [2.24, 2.45) is 0 Å². The average Bonchev–Trinajstić information content (AvgIpc) is 0. The molecule has 0 nitrogen and oxygen atoms in total. The molecule has 0 N–H and O–H groups in total. The third-order valence-corrected chi connectivity index (χ3v) is 0. The monoisotopic (exact) mass is 284 g/mol. The maximum atomic E-state index is 0. The molecule has 0 aliphatic rings. The molecule has 0 aromatic rings. The van der Waals surface area contributed by atoms with E-state index >= 15 is 0 Å². The molecule has 0 amide bonds. The van der Waals surface area contributed by atoms with Crippen LogP contribution in [0, 0.1) is 0 Å². The van der Waals surface area contributed by atoms with E-state index in [0.717, 1.165) is 0 Å². The first-order valence-electron chi connectivity index (χ1n) is 0. The summed E-state index contributed by atoms with van der Waals surface area (Å²) in [5, 5.41) is 0. The first-order chi connectivity index (χ1) is 0. The zero-order valence-corrected chi connectivity index (χ0v) is 15.9. The Morgan fingerprint density at radius 1 is 1.00 bits per heavy atom. The molecular formula is H2CsRbS2. The summed E-state index contributed by atoms with van der Waals surface area (Å²) in [6.07, 6.45) is 0. The van der Waals surface area contributed by atoms with Crippen LogP contribution in [0.4, 0.5) is 0 Å². The van der Waals surface area contributed by atoms with Gasteiger partial charge >= 0.3 is 127 Å². The molecular weight excluding hydrogens is 283 g/mol. The van der Waals surface area contributed by atoms with Crippen LogP contribution in [-0.4, -0.2) is 0 Å². The Balaban J connectivity index is 0. The maximum Gasteiger partial charge on any atom is 1.00 e. The molecule has 0 rings (SSSR count). The van der Waals surface area contributed by atoms with Crippen LogP contribution >= 0.6 is 13.5 Å². The molecule has 0 saturated heterocycles. The Morgan fingerprint density at radius 3 is 1.00 bits per heavy atom. The van der Waals surface area contributed by atoms with Gasteiger partial charge in [0.2, 0.25) is 0 Å². The van der Waals surface area contributed by atoms with E-state index in [4.69, 9.17) is 0 Å². The quantitative estimate of drug-likeness (QED) is 0.416. The molecule has 0 bridgehead atoms. The standard InChI is InChI=1S/Cs.Rb.H2S.S/h;;1H2;/q2*+1;;-2. The van der Waals surface area contributed by atoms with Gasteiger partial charge in [0.25, 0.3) is 0 Å². The van der Waals surface area contributed by atoms with Gasteiger partial charge in [0.05, 0.1) is 0 Å². The van der Waals surface area contributed by atoms with Gasteiger partial charge in [-0.25, -0.2) is 0 Å². The fraction of sp³-hybridized carbons (Fsp3) is 0. The molecule has 0 aromatic carbocycles. The Hall–Kier alpha value is 4.56. The molecule has 0 aromatic heterocycles. The van der Waals surface area contributed by atoms with E-state index in [1.54, 1.807) is 0 Å². The summed E-state index contributed by atoms with van der Waals surface area (Å²) in [6, 6.07) is 0. The van der Waals surface area contributed by atoms with Crippen LogP contribution in [0.15, 0.2) is 0 Å². The Kier molecular flexibility index (Phi) is 92.0. The van der Waals surface area contributed by atoms with Gasteiger partial charge in [0.15, 0.2) is 0 Å². The van der Waals surface area contributed by atoms with Crippen molar-refractivity contribution in [3.05, 3.63) is 0 Å². The van der Waals surface area contributed by atoms with Crippen LogP contribution in [0.25, 0.3) is 0 Å². The zero-order chi connectivity index (χ0) is 0. The molecule has 0 spiro atoms. The molecule has 0 fully saturated rings.